The van der Waals surface area contributed by atoms with Gasteiger partial charge in [0, 0.05) is 29.2 Å². The number of halogens is 1. The summed E-state index contributed by atoms with van der Waals surface area (Å²) in [6.45, 7) is 8.14. The van der Waals surface area contributed by atoms with E-state index in [2.05, 4.69) is 26.2 Å². The number of rotatable bonds is 4. The molecule has 0 aliphatic carbocycles. The van der Waals surface area contributed by atoms with Crippen LogP contribution in [-0.4, -0.2) is 29.8 Å². The Labute approximate surface area is 128 Å². The molecule has 1 rings (SSSR count). The molecule has 0 spiro atoms. The van der Waals surface area contributed by atoms with Crippen molar-refractivity contribution < 1.29 is 9.53 Å². The van der Waals surface area contributed by atoms with Crippen LogP contribution >= 0.6 is 15.9 Å². The van der Waals surface area contributed by atoms with Gasteiger partial charge in [-0.05, 0) is 48.8 Å². The topological polar surface area (TPSA) is 77.2 Å². The monoisotopic (exact) mass is 343 g/mol. The van der Waals surface area contributed by atoms with Crippen LogP contribution in [0, 0.1) is 0 Å². The maximum Gasteiger partial charge on any atom is 0.407 e. The molecule has 112 valence electrons. The minimum atomic E-state index is -0.519. The fourth-order valence-corrected chi connectivity index (χ4v) is 2.40. The first-order valence-electron chi connectivity index (χ1n) is 6.46. The van der Waals surface area contributed by atoms with Crippen molar-refractivity contribution in [2.45, 2.75) is 38.7 Å². The van der Waals surface area contributed by atoms with Gasteiger partial charge in [-0.1, -0.05) is 6.92 Å². The lowest BCUT2D eigenvalue weighted by Crippen LogP contribution is -2.45. The molecule has 5 nitrogen and oxygen atoms in total. The molecule has 1 amide bonds. The summed E-state index contributed by atoms with van der Waals surface area (Å²) in [5, 5.41) is 2.75. The molecule has 0 saturated heterocycles. The first-order chi connectivity index (χ1) is 9.18. The number of carbonyl (C=O) groups is 1. The smallest absolute Gasteiger partial charge is 0.407 e. The molecule has 0 saturated carbocycles. The van der Waals surface area contributed by atoms with Crippen molar-refractivity contribution in [2.24, 2.45) is 5.73 Å². The van der Waals surface area contributed by atoms with Gasteiger partial charge in [0.15, 0.2) is 0 Å². The molecule has 3 N–H and O–H groups in total. The zero-order chi connectivity index (χ0) is 15.4. The lowest BCUT2D eigenvalue weighted by Gasteiger charge is -2.29. The lowest BCUT2D eigenvalue weighted by atomic mass is 9.86. The quantitative estimate of drug-likeness (QED) is 0.880. The number of ether oxygens (including phenoxy) is 1. The summed E-state index contributed by atoms with van der Waals surface area (Å²) in [6, 6.07) is 3.75. The second-order valence-electron chi connectivity index (χ2n) is 5.95. The fourth-order valence-electron chi connectivity index (χ4n) is 1.66. The van der Waals surface area contributed by atoms with E-state index in [0.29, 0.717) is 13.1 Å². The molecule has 1 atom stereocenters. The highest BCUT2D eigenvalue weighted by Crippen LogP contribution is 2.27. The third-order valence-electron chi connectivity index (χ3n) is 2.80. The van der Waals surface area contributed by atoms with Gasteiger partial charge >= 0.3 is 6.09 Å². The van der Waals surface area contributed by atoms with E-state index < -0.39 is 17.1 Å². The van der Waals surface area contributed by atoms with Gasteiger partial charge in [0.1, 0.15) is 5.60 Å². The van der Waals surface area contributed by atoms with Crippen molar-refractivity contribution in [1.82, 2.24) is 10.3 Å². The molecule has 6 heteroatoms. The van der Waals surface area contributed by atoms with Gasteiger partial charge in [0.2, 0.25) is 0 Å². The SMILES string of the molecule is CC(C)(C)OC(=O)NCC(C)(CN)c1ncccc1Br. The number of aromatic nitrogens is 1. The number of pyridine rings is 1. The molecule has 1 aromatic rings. The number of amides is 1. The minimum Gasteiger partial charge on any atom is -0.444 e. The van der Waals surface area contributed by atoms with Crippen molar-refractivity contribution in [2.75, 3.05) is 13.1 Å². The highest BCUT2D eigenvalue weighted by Gasteiger charge is 2.30. The fraction of sp³-hybridized carbons (Fsp3) is 0.571. The molecule has 0 aliphatic rings. The highest BCUT2D eigenvalue weighted by molar-refractivity contribution is 9.10. The average Bonchev–Trinajstić information content (AvgIpc) is 2.34. The van der Waals surface area contributed by atoms with E-state index in [9.17, 15) is 4.79 Å². The number of nitrogens with one attached hydrogen (secondary N) is 1. The van der Waals surface area contributed by atoms with Gasteiger partial charge < -0.3 is 15.8 Å². The molecule has 0 radical (unpaired) electrons. The maximum absolute atomic E-state index is 11.7. The summed E-state index contributed by atoms with van der Waals surface area (Å²) in [5.74, 6) is 0. The third kappa shape index (κ3) is 4.76. The van der Waals surface area contributed by atoms with E-state index in [-0.39, 0.29) is 0 Å². The Hall–Kier alpha value is -1.14. The summed E-state index contributed by atoms with van der Waals surface area (Å²) in [5.41, 5.74) is 5.71. The minimum absolute atomic E-state index is 0.355. The molecule has 0 aromatic carbocycles. The van der Waals surface area contributed by atoms with Crippen molar-refractivity contribution in [3.05, 3.63) is 28.5 Å². The van der Waals surface area contributed by atoms with Gasteiger partial charge in [-0.3, -0.25) is 4.98 Å². The van der Waals surface area contributed by atoms with Crippen LogP contribution in [0.25, 0.3) is 0 Å². The predicted octanol–water partition coefficient (Wildman–Crippen LogP) is 2.59. The van der Waals surface area contributed by atoms with Crippen LogP contribution in [0.2, 0.25) is 0 Å². The summed E-state index contributed by atoms with van der Waals surface area (Å²) < 4.78 is 6.09. The summed E-state index contributed by atoms with van der Waals surface area (Å²) in [6.07, 6.45) is 1.26. The molecular formula is C14H22BrN3O2. The Kier molecular flexibility index (Phi) is 5.53. The standard InChI is InChI=1S/C14H22BrN3O2/c1-13(2,3)20-12(19)18-9-14(4,8-16)11-10(15)6-5-7-17-11/h5-7H,8-9,16H2,1-4H3,(H,18,19). The molecule has 1 heterocycles. The van der Waals surface area contributed by atoms with E-state index in [1.54, 1.807) is 6.20 Å². The molecule has 20 heavy (non-hydrogen) atoms. The van der Waals surface area contributed by atoms with Crippen LogP contribution in [0.3, 0.4) is 0 Å². The van der Waals surface area contributed by atoms with Gasteiger partial charge in [-0.2, -0.15) is 0 Å². The average molecular weight is 344 g/mol. The van der Waals surface area contributed by atoms with Crippen molar-refractivity contribution in [3.8, 4) is 0 Å². The van der Waals surface area contributed by atoms with Crippen molar-refractivity contribution in [1.29, 1.82) is 0 Å². The van der Waals surface area contributed by atoms with Crippen LogP contribution < -0.4 is 11.1 Å². The first kappa shape index (κ1) is 16.9. The molecule has 1 unspecified atom stereocenters. The van der Waals surface area contributed by atoms with Gasteiger partial charge in [-0.25, -0.2) is 4.79 Å². The number of alkyl carbamates (subject to hydrolysis) is 1. The zero-order valence-electron chi connectivity index (χ0n) is 12.4. The summed E-state index contributed by atoms with van der Waals surface area (Å²) in [4.78, 5) is 16.1. The highest BCUT2D eigenvalue weighted by atomic mass is 79.9. The number of hydrogen-bond acceptors (Lipinski definition) is 4. The van der Waals surface area contributed by atoms with Gasteiger partial charge in [0.25, 0.3) is 0 Å². The summed E-state index contributed by atoms with van der Waals surface area (Å²) >= 11 is 3.47. The molecule has 0 aliphatic heterocycles. The van der Waals surface area contributed by atoms with E-state index in [1.807, 2.05) is 39.8 Å². The van der Waals surface area contributed by atoms with E-state index in [1.165, 1.54) is 0 Å². The van der Waals surface area contributed by atoms with Gasteiger partial charge in [0.05, 0.1) is 5.69 Å². The zero-order valence-corrected chi connectivity index (χ0v) is 14.0. The Bertz CT molecular complexity index is 474. The number of nitrogens with zero attached hydrogens (tertiary/aromatic N) is 1. The lowest BCUT2D eigenvalue weighted by molar-refractivity contribution is 0.0516. The van der Waals surface area contributed by atoms with Crippen LogP contribution in [0.5, 0.6) is 0 Å². The van der Waals surface area contributed by atoms with Crippen LogP contribution in [0.15, 0.2) is 22.8 Å². The van der Waals surface area contributed by atoms with Crippen LogP contribution in [-0.2, 0) is 10.2 Å². The van der Waals surface area contributed by atoms with Gasteiger partial charge in [-0.15, -0.1) is 0 Å². The maximum atomic E-state index is 11.7. The molecule has 0 bridgehead atoms. The third-order valence-corrected chi connectivity index (χ3v) is 3.44. The van der Waals surface area contributed by atoms with Crippen molar-refractivity contribution in [3.63, 3.8) is 0 Å². The molecule has 1 aromatic heterocycles. The predicted molar refractivity (Wildman–Crippen MR) is 82.6 cm³/mol. The number of hydrogen-bond donors (Lipinski definition) is 2. The molecule has 0 fully saturated rings. The van der Waals surface area contributed by atoms with E-state index >= 15 is 0 Å². The largest absolute Gasteiger partial charge is 0.444 e. The second-order valence-corrected chi connectivity index (χ2v) is 6.81. The Morgan fingerprint density at radius 2 is 2.10 bits per heavy atom. The number of carbonyl (C=O) groups excluding carboxylic acids is 1. The van der Waals surface area contributed by atoms with Crippen LogP contribution in [0.4, 0.5) is 4.79 Å². The van der Waals surface area contributed by atoms with E-state index in [4.69, 9.17) is 10.5 Å². The summed E-state index contributed by atoms with van der Waals surface area (Å²) in [7, 11) is 0. The Morgan fingerprint density at radius 1 is 1.45 bits per heavy atom. The Morgan fingerprint density at radius 3 is 2.60 bits per heavy atom. The Balaban J connectivity index is 2.77. The van der Waals surface area contributed by atoms with Crippen LogP contribution in [0.1, 0.15) is 33.4 Å². The second kappa shape index (κ2) is 6.54. The number of nitrogens with two attached hydrogens (primary N) is 1. The first-order valence-corrected chi connectivity index (χ1v) is 7.25. The molecular weight excluding hydrogens is 322 g/mol. The van der Waals surface area contributed by atoms with Crippen molar-refractivity contribution >= 4 is 22.0 Å². The van der Waals surface area contributed by atoms with E-state index in [0.717, 1.165) is 10.2 Å². The normalized spacial score (nSPS) is 14.5.